The minimum Gasteiger partial charge on any atom is -0.481 e. The second-order valence-electron chi connectivity index (χ2n) is 4.45. The van der Waals surface area contributed by atoms with Gasteiger partial charge in [-0.25, -0.2) is 0 Å². The van der Waals surface area contributed by atoms with Crippen LogP contribution in [0.2, 0.25) is 0 Å². The van der Waals surface area contributed by atoms with Crippen LogP contribution < -0.4 is 5.32 Å². The third-order valence-electron chi connectivity index (χ3n) is 3.20. The number of rotatable bonds is 3. The molecule has 2 aliphatic rings. The van der Waals surface area contributed by atoms with E-state index in [0.717, 1.165) is 12.8 Å². The second kappa shape index (κ2) is 5.46. The predicted molar refractivity (Wildman–Crippen MR) is 57.5 cm³/mol. The Bertz CT molecular complexity index is 300. The average molecular weight is 243 g/mol. The highest BCUT2D eigenvalue weighted by Crippen LogP contribution is 2.16. The third-order valence-corrected chi connectivity index (χ3v) is 3.20. The van der Waals surface area contributed by atoms with Gasteiger partial charge in [0, 0.05) is 6.61 Å². The largest absolute Gasteiger partial charge is 0.481 e. The summed E-state index contributed by atoms with van der Waals surface area (Å²) in [6, 6.07) is -0.439. The lowest BCUT2D eigenvalue weighted by Gasteiger charge is -2.24. The van der Waals surface area contributed by atoms with E-state index < -0.39 is 24.0 Å². The average Bonchev–Trinajstić information content (AvgIpc) is 2.78. The topological polar surface area (TPSA) is 84.9 Å². The van der Waals surface area contributed by atoms with Gasteiger partial charge in [-0.15, -0.1) is 0 Å². The first-order valence-corrected chi connectivity index (χ1v) is 5.91. The van der Waals surface area contributed by atoms with E-state index >= 15 is 0 Å². The van der Waals surface area contributed by atoms with E-state index in [4.69, 9.17) is 14.6 Å². The van der Waals surface area contributed by atoms with E-state index in [1.807, 2.05) is 0 Å². The normalized spacial score (nSPS) is 33.3. The zero-order chi connectivity index (χ0) is 12.3. The number of hydrogen-bond donors (Lipinski definition) is 2. The van der Waals surface area contributed by atoms with Crippen molar-refractivity contribution in [2.24, 2.45) is 5.92 Å². The van der Waals surface area contributed by atoms with Crippen LogP contribution in [0.1, 0.15) is 19.3 Å². The Hall–Kier alpha value is -1.14. The molecule has 0 aromatic rings. The Morgan fingerprint density at radius 2 is 2.06 bits per heavy atom. The molecular formula is C11H17NO5. The number of ether oxygens (including phenoxy) is 2. The molecule has 2 rings (SSSR count). The van der Waals surface area contributed by atoms with Crippen LogP contribution in [0.5, 0.6) is 0 Å². The van der Waals surface area contributed by atoms with Gasteiger partial charge in [0.25, 0.3) is 0 Å². The van der Waals surface area contributed by atoms with Gasteiger partial charge in [-0.05, 0) is 19.3 Å². The number of carboxylic acids is 1. The quantitative estimate of drug-likeness (QED) is 0.715. The van der Waals surface area contributed by atoms with Crippen LogP contribution >= 0.6 is 0 Å². The van der Waals surface area contributed by atoms with Gasteiger partial charge in [-0.2, -0.15) is 0 Å². The van der Waals surface area contributed by atoms with Crippen molar-refractivity contribution in [1.29, 1.82) is 0 Å². The molecule has 6 heteroatoms. The summed E-state index contributed by atoms with van der Waals surface area (Å²) in [7, 11) is 0. The maximum Gasteiger partial charge on any atom is 0.311 e. The van der Waals surface area contributed by atoms with Gasteiger partial charge in [-0.3, -0.25) is 9.59 Å². The molecule has 0 bridgehead atoms. The molecule has 0 aromatic carbocycles. The molecule has 0 aliphatic carbocycles. The van der Waals surface area contributed by atoms with Crippen molar-refractivity contribution in [3.05, 3.63) is 0 Å². The minimum atomic E-state index is -0.933. The molecule has 3 unspecified atom stereocenters. The van der Waals surface area contributed by atoms with E-state index in [0.29, 0.717) is 13.0 Å². The summed E-state index contributed by atoms with van der Waals surface area (Å²) in [6.07, 6.45) is 2.23. The molecule has 2 fully saturated rings. The summed E-state index contributed by atoms with van der Waals surface area (Å²) in [4.78, 5) is 22.7. The highest BCUT2D eigenvalue weighted by atomic mass is 16.5. The van der Waals surface area contributed by atoms with E-state index in [-0.39, 0.29) is 19.1 Å². The third kappa shape index (κ3) is 2.95. The highest BCUT2D eigenvalue weighted by Gasteiger charge is 2.36. The lowest BCUT2D eigenvalue weighted by molar-refractivity contribution is -0.143. The van der Waals surface area contributed by atoms with E-state index in [9.17, 15) is 9.59 Å². The minimum absolute atomic E-state index is 0.159. The van der Waals surface area contributed by atoms with Gasteiger partial charge in [0.2, 0.25) is 5.91 Å². The monoisotopic (exact) mass is 243 g/mol. The number of carboxylic acid groups (broad SMARTS) is 1. The lowest BCUT2D eigenvalue weighted by atomic mass is 10.0. The molecule has 3 atom stereocenters. The van der Waals surface area contributed by atoms with Crippen LogP contribution in [-0.2, 0) is 19.1 Å². The number of carbonyl (C=O) groups excluding carboxylic acids is 1. The molecule has 17 heavy (non-hydrogen) atoms. The number of amides is 1. The van der Waals surface area contributed by atoms with Crippen molar-refractivity contribution in [2.75, 3.05) is 19.8 Å². The van der Waals surface area contributed by atoms with Crippen LogP contribution in [0, 0.1) is 5.92 Å². The fourth-order valence-electron chi connectivity index (χ4n) is 2.16. The van der Waals surface area contributed by atoms with Crippen LogP contribution in [0.15, 0.2) is 0 Å². The molecule has 0 spiro atoms. The first kappa shape index (κ1) is 12.3. The smallest absolute Gasteiger partial charge is 0.311 e. The van der Waals surface area contributed by atoms with Crippen molar-refractivity contribution in [3.8, 4) is 0 Å². The second-order valence-corrected chi connectivity index (χ2v) is 4.45. The van der Waals surface area contributed by atoms with Crippen LogP contribution in [-0.4, -0.2) is 48.9 Å². The molecule has 2 aliphatic heterocycles. The molecule has 1 amide bonds. The van der Waals surface area contributed by atoms with Crippen molar-refractivity contribution in [2.45, 2.75) is 31.4 Å². The standard InChI is InChI=1S/C11H17NO5/c13-10(9-3-1-2-4-17-9)12-8-6-16-5-7(8)11(14)15/h7-9H,1-6H2,(H,12,13)(H,14,15). The molecule has 2 heterocycles. The Kier molecular flexibility index (Phi) is 3.96. The van der Waals surface area contributed by atoms with Gasteiger partial charge in [0.15, 0.2) is 0 Å². The number of aliphatic carboxylic acids is 1. The first-order valence-electron chi connectivity index (χ1n) is 5.91. The Morgan fingerprint density at radius 3 is 2.71 bits per heavy atom. The summed E-state index contributed by atoms with van der Waals surface area (Å²) in [5, 5.41) is 11.7. The fourth-order valence-corrected chi connectivity index (χ4v) is 2.16. The molecule has 2 N–H and O–H groups in total. The molecule has 0 saturated carbocycles. The highest BCUT2D eigenvalue weighted by molar-refractivity contribution is 5.82. The molecular weight excluding hydrogens is 226 g/mol. The van der Waals surface area contributed by atoms with Crippen molar-refractivity contribution in [3.63, 3.8) is 0 Å². The predicted octanol–water partition coefficient (Wildman–Crippen LogP) is -0.229. The number of carbonyl (C=O) groups is 2. The van der Waals surface area contributed by atoms with Crippen molar-refractivity contribution >= 4 is 11.9 Å². The Morgan fingerprint density at radius 1 is 1.24 bits per heavy atom. The van der Waals surface area contributed by atoms with E-state index in [1.165, 1.54) is 0 Å². The van der Waals surface area contributed by atoms with Gasteiger partial charge < -0.3 is 19.9 Å². The van der Waals surface area contributed by atoms with Crippen molar-refractivity contribution in [1.82, 2.24) is 5.32 Å². The van der Waals surface area contributed by atoms with Crippen molar-refractivity contribution < 1.29 is 24.2 Å². The molecule has 96 valence electrons. The molecule has 0 radical (unpaired) electrons. The Labute approximate surface area is 99.3 Å². The maximum absolute atomic E-state index is 11.8. The van der Waals surface area contributed by atoms with Gasteiger partial charge in [0.1, 0.15) is 12.0 Å². The van der Waals surface area contributed by atoms with E-state index in [1.54, 1.807) is 0 Å². The summed E-state index contributed by atoms with van der Waals surface area (Å²) < 4.78 is 10.4. The molecule has 6 nitrogen and oxygen atoms in total. The first-order chi connectivity index (χ1) is 8.18. The van der Waals surface area contributed by atoms with Gasteiger partial charge in [-0.1, -0.05) is 0 Å². The SMILES string of the molecule is O=C(NC1COCC1C(=O)O)C1CCCCO1. The number of nitrogens with one attached hydrogen (secondary N) is 1. The molecule has 2 saturated heterocycles. The maximum atomic E-state index is 11.8. The number of hydrogen-bond acceptors (Lipinski definition) is 4. The zero-order valence-electron chi connectivity index (χ0n) is 9.55. The van der Waals surface area contributed by atoms with E-state index in [2.05, 4.69) is 5.32 Å². The van der Waals surface area contributed by atoms with Gasteiger partial charge in [0.05, 0.1) is 19.3 Å². The summed E-state index contributed by atoms with van der Waals surface area (Å²) in [5.74, 6) is -1.80. The van der Waals surface area contributed by atoms with Crippen LogP contribution in [0.3, 0.4) is 0 Å². The lowest BCUT2D eigenvalue weighted by Crippen LogP contribution is -2.48. The summed E-state index contributed by atoms with van der Waals surface area (Å²) in [5.41, 5.74) is 0. The molecule has 0 aromatic heterocycles. The van der Waals surface area contributed by atoms with Crippen LogP contribution in [0.25, 0.3) is 0 Å². The van der Waals surface area contributed by atoms with Crippen LogP contribution in [0.4, 0.5) is 0 Å². The summed E-state index contributed by atoms with van der Waals surface area (Å²) >= 11 is 0. The van der Waals surface area contributed by atoms with Gasteiger partial charge >= 0.3 is 5.97 Å². The zero-order valence-corrected chi connectivity index (χ0v) is 9.55. The summed E-state index contributed by atoms with van der Waals surface area (Å²) in [6.45, 7) is 1.02. The fraction of sp³-hybridized carbons (Fsp3) is 0.818. The Balaban J connectivity index is 1.86.